The van der Waals surface area contributed by atoms with Gasteiger partial charge in [0.1, 0.15) is 5.57 Å². The molecule has 27 heavy (non-hydrogen) atoms. The molecule has 2 N–H and O–H groups in total. The maximum Gasteiger partial charge on any atom is 0.282 e. The second-order valence-electron chi connectivity index (χ2n) is 5.85. The lowest BCUT2D eigenvalue weighted by atomic mass is 10.1. The molecule has 0 radical (unpaired) electrons. The van der Waals surface area contributed by atoms with E-state index in [1.54, 1.807) is 18.2 Å². The molecular formula is C19H17ClN2O5. The zero-order chi connectivity index (χ0) is 19.7. The van der Waals surface area contributed by atoms with E-state index in [2.05, 4.69) is 5.43 Å². The molecule has 1 heterocycles. The molecule has 2 aromatic carbocycles. The normalized spacial score (nSPS) is 15.3. The summed E-state index contributed by atoms with van der Waals surface area (Å²) in [6, 6.07) is 8.04. The maximum absolute atomic E-state index is 12.7. The molecule has 0 aromatic heterocycles. The minimum Gasteiger partial charge on any atom is -0.502 e. The number of carbonyl (C=O) groups is 2. The molecule has 2 aromatic rings. The van der Waals surface area contributed by atoms with Crippen molar-refractivity contribution in [2.75, 3.05) is 19.2 Å². The first kappa shape index (κ1) is 18.6. The van der Waals surface area contributed by atoms with Crippen LogP contribution in [0.4, 0.5) is 5.69 Å². The first-order chi connectivity index (χ1) is 12.8. The molecule has 1 aliphatic heterocycles. The van der Waals surface area contributed by atoms with Crippen molar-refractivity contribution in [1.82, 2.24) is 5.43 Å². The number of ether oxygens (including phenoxy) is 2. The molecule has 0 bridgehead atoms. The monoisotopic (exact) mass is 388 g/mol. The molecule has 1 fully saturated rings. The van der Waals surface area contributed by atoms with Gasteiger partial charge in [-0.25, -0.2) is 5.01 Å². The van der Waals surface area contributed by atoms with Crippen LogP contribution in [0, 0.1) is 6.92 Å². The summed E-state index contributed by atoms with van der Waals surface area (Å²) >= 11 is 6.11. The summed E-state index contributed by atoms with van der Waals surface area (Å²) < 4.78 is 10.2. The molecule has 0 spiro atoms. The van der Waals surface area contributed by atoms with Crippen LogP contribution in [-0.4, -0.2) is 31.1 Å². The Labute approximate surface area is 160 Å². The van der Waals surface area contributed by atoms with Crippen LogP contribution in [0.5, 0.6) is 17.2 Å². The van der Waals surface area contributed by atoms with Gasteiger partial charge in [-0.3, -0.25) is 15.0 Å². The zero-order valence-corrected chi connectivity index (χ0v) is 15.6. The fourth-order valence-corrected chi connectivity index (χ4v) is 2.80. The molecule has 140 valence electrons. The summed E-state index contributed by atoms with van der Waals surface area (Å²) in [5, 5.41) is 11.6. The van der Waals surface area contributed by atoms with Crippen molar-refractivity contribution in [3.8, 4) is 17.2 Å². The predicted molar refractivity (Wildman–Crippen MR) is 101 cm³/mol. The second kappa shape index (κ2) is 7.20. The number of halogens is 1. The van der Waals surface area contributed by atoms with E-state index in [0.717, 1.165) is 10.6 Å². The lowest BCUT2D eigenvalue weighted by molar-refractivity contribution is -0.117. The van der Waals surface area contributed by atoms with E-state index in [9.17, 15) is 14.7 Å². The Bertz CT molecular complexity index is 946. The number of nitrogens with one attached hydrogen (secondary N) is 1. The van der Waals surface area contributed by atoms with Crippen molar-refractivity contribution in [2.45, 2.75) is 6.92 Å². The van der Waals surface area contributed by atoms with E-state index in [0.29, 0.717) is 16.3 Å². The van der Waals surface area contributed by atoms with Crippen molar-refractivity contribution in [1.29, 1.82) is 0 Å². The van der Waals surface area contributed by atoms with Gasteiger partial charge in [0.25, 0.3) is 11.8 Å². The number of aryl methyl sites for hydroxylation is 1. The molecule has 8 heteroatoms. The smallest absolute Gasteiger partial charge is 0.282 e. The molecule has 0 atom stereocenters. The largest absolute Gasteiger partial charge is 0.502 e. The van der Waals surface area contributed by atoms with Crippen LogP contribution in [0.2, 0.25) is 5.02 Å². The number of nitrogens with zero attached hydrogens (tertiary/aromatic N) is 1. The van der Waals surface area contributed by atoms with E-state index in [-0.39, 0.29) is 22.8 Å². The van der Waals surface area contributed by atoms with Crippen LogP contribution < -0.4 is 19.9 Å². The van der Waals surface area contributed by atoms with Gasteiger partial charge in [-0.15, -0.1) is 0 Å². The number of anilines is 1. The van der Waals surface area contributed by atoms with Gasteiger partial charge in [-0.2, -0.15) is 0 Å². The van der Waals surface area contributed by atoms with E-state index in [4.69, 9.17) is 21.1 Å². The minimum atomic E-state index is -0.553. The summed E-state index contributed by atoms with van der Waals surface area (Å²) in [5.74, 6) is -0.919. The maximum atomic E-state index is 12.7. The number of benzene rings is 2. The van der Waals surface area contributed by atoms with Crippen molar-refractivity contribution in [2.24, 2.45) is 0 Å². The standard InChI is InChI=1S/C19H17ClN2O5/c1-10-4-5-12(9-14(10)20)22-19(25)13(18(24)21-22)6-11-7-15(26-2)17(23)16(8-11)27-3/h4-9,23H,1-3H3,(H,21,24)/b13-6-. The third-order valence-electron chi connectivity index (χ3n) is 4.12. The molecule has 1 aliphatic rings. The summed E-state index contributed by atoms with van der Waals surface area (Å²) in [7, 11) is 2.78. The Morgan fingerprint density at radius 3 is 2.30 bits per heavy atom. The van der Waals surface area contributed by atoms with Gasteiger partial charge >= 0.3 is 0 Å². The molecule has 0 saturated carbocycles. The molecule has 3 rings (SSSR count). The summed E-state index contributed by atoms with van der Waals surface area (Å²) in [5.41, 5.74) is 4.22. The van der Waals surface area contributed by atoms with Crippen LogP contribution >= 0.6 is 11.6 Å². The molecule has 0 aliphatic carbocycles. The Balaban J connectivity index is 1.99. The van der Waals surface area contributed by atoms with Gasteiger partial charge in [0, 0.05) is 5.02 Å². The number of methoxy groups -OCH3 is 2. The van der Waals surface area contributed by atoms with Crippen molar-refractivity contribution in [3.63, 3.8) is 0 Å². The van der Waals surface area contributed by atoms with Gasteiger partial charge in [-0.1, -0.05) is 17.7 Å². The van der Waals surface area contributed by atoms with Gasteiger partial charge in [0.2, 0.25) is 5.75 Å². The van der Waals surface area contributed by atoms with Crippen molar-refractivity contribution in [3.05, 3.63) is 52.1 Å². The molecule has 2 amide bonds. The Morgan fingerprint density at radius 1 is 1.11 bits per heavy atom. The van der Waals surface area contributed by atoms with Gasteiger partial charge in [-0.05, 0) is 48.4 Å². The van der Waals surface area contributed by atoms with Crippen LogP contribution in [0.1, 0.15) is 11.1 Å². The Kier molecular flexibility index (Phi) is 4.96. The summed E-state index contributed by atoms with van der Waals surface area (Å²) in [6.07, 6.45) is 1.40. The Morgan fingerprint density at radius 2 is 1.74 bits per heavy atom. The number of rotatable bonds is 4. The van der Waals surface area contributed by atoms with Gasteiger partial charge in [0.15, 0.2) is 11.5 Å². The highest BCUT2D eigenvalue weighted by atomic mass is 35.5. The highest BCUT2D eigenvalue weighted by Crippen LogP contribution is 2.38. The summed E-state index contributed by atoms with van der Waals surface area (Å²) in [6.45, 7) is 1.84. The zero-order valence-electron chi connectivity index (χ0n) is 14.9. The molecule has 7 nitrogen and oxygen atoms in total. The van der Waals surface area contributed by atoms with Crippen molar-refractivity contribution < 1.29 is 24.2 Å². The second-order valence-corrected chi connectivity index (χ2v) is 6.25. The first-order valence-electron chi connectivity index (χ1n) is 7.94. The number of amides is 2. The number of phenols is 1. The fourth-order valence-electron chi connectivity index (χ4n) is 2.62. The van der Waals surface area contributed by atoms with Gasteiger partial charge in [0.05, 0.1) is 19.9 Å². The van der Waals surface area contributed by atoms with Crippen molar-refractivity contribution >= 4 is 35.2 Å². The molecule has 1 saturated heterocycles. The van der Waals surface area contributed by atoms with Crippen LogP contribution in [0.3, 0.4) is 0 Å². The predicted octanol–water partition coefficient (Wildman–Crippen LogP) is 2.83. The topological polar surface area (TPSA) is 88.1 Å². The van der Waals surface area contributed by atoms with E-state index < -0.39 is 11.8 Å². The number of hydrazine groups is 1. The third kappa shape index (κ3) is 3.41. The van der Waals surface area contributed by atoms with E-state index in [1.807, 2.05) is 6.92 Å². The summed E-state index contributed by atoms with van der Waals surface area (Å²) in [4.78, 5) is 25.0. The van der Waals surface area contributed by atoms with Gasteiger partial charge < -0.3 is 14.6 Å². The third-order valence-corrected chi connectivity index (χ3v) is 4.53. The quantitative estimate of drug-likeness (QED) is 0.621. The number of aromatic hydroxyl groups is 1. The highest BCUT2D eigenvalue weighted by Gasteiger charge is 2.34. The number of phenolic OH excluding ortho intramolecular Hbond substituents is 1. The fraction of sp³-hybridized carbons (Fsp3) is 0.158. The van der Waals surface area contributed by atoms with Crippen LogP contribution in [-0.2, 0) is 9.59 Å². The molecular weight excluding hydrogens is 372 g/mol. The average Bonchev–Trinajstić information content (AvgIpc) is 2.93. The number of carbonyl (C=O) groups excluding carboxylic acids is 2. The first-order valence-corrected chi connectivity index (χ1v) is 8.31. The minimum absolute atomic E-state index is 0.0681. The van der Waals surface area contributed by atoms with Crippen LogP contribution in [0.25, 0.3) is 6.08 Å². The SMILES string of the molecule is COc1cc(/C=C2/C(=O)NN(c3ccc(C)c(Cl)c3)C2=O)cc(OC)c1O. The number of hydrogen-bond donors (Lipinski definition) is 2. The highest BCUT2D eigenvalue weighted by molar-refractivity contribution is 6.33. The number of hydrogen-bond acceptors (Lipinski definition) is 5. The van der Waals surface area contributed by atoms with E-state index in [1.165, 1.54) is 32.4 Å². The van der Waals surface area contributed by atoms with E-state index >= 15 is 0 Å². The lowest BCUT2D eigenvalue weighted by Crippen LogP contribution is -2.35. The van der Waals surface area contributed by atoms with Crippen LogP contribution in [0.15, 0.2) is 35.9 Å². The Hall–Kier alpha value is -3.19. The average molecular weight is 389 g/mol. The lowest BCUT2D eigenvalue weighted by Gasteiger charge is -2.15. The molecule has 0 unspecified atom stereocenters.